The third-order valence-electron chi connectivity index (χ3n) is 5.23. The van der Waals surface area contributed by atoms with Crippen molar-refractivity contribution in [3.63, 3.8) is 0 Å². The molecule has 152 valence electrons. The third kappa shape index (κ3) is 5.29. The summed E-state index contributed by atoms with van der Waals surface area (Å²) < 4.78 is 53.9. The van der Waals surface area contributed by atoms with Crippen LogP contribution in [0.4, 0.5) is 0 Å². The van der Waals surface area contributed by atoms with Crippen molar-refractivity contribution >= 4 is 20.0 Å². The molecule has 1 N–H and O–H groups in total. The van der Waals surface area contributed by atoms with Crippen LogP contribution in [-0.2, 0) is 20.0 Å². The highest BCUT2D eigenvalue weighted by Gasteiger charge is 2.27. The second-order valence-corrected chi connectivity index (χ2v) is 10.9. The first-order valence-electron chi connectivity index (χ1n) is 9.72. The van der Waals surface area contributed by atoms with Crippen molar-refractivity contribution in [3.8, 4) is 0 Å². The van der Waals surface area contributed by atoms with Crippen LogP contribution in [0.5, 0.6) is 0 Å². The van der Waals surface area contributed by atoms with Crippen molar-refractivity contribution in [2.45, 2.75) is 48.3 Å². The van der Waals surface area contributed by atoms with E-state index < -0.39 is 20.0 Å². The van der Waals surface area contributed by atoms with Crippen LogP contribution in [0.25, 0.3) is 0 Å². The summed E-state index contributed by atoms with van der Waals surface area (Å²) in [6.07, 6.45) is 6.23. The molecule has 2 fully saturated rings. The molecule has 0 unspecified atom stereocenters. The molecule has 2 saturated heterocycles. The molecule has 2 aliphatic rings. The number of sulfonamides is 2. The second-order valence-electron chi connectivity index (χ2n) is 7.24. The smallest absolute Gasteiger partial charge is 0.243 e. The molecule has 0 amide bonds. The lowest BCUT2D eigenvalue weighted by atomic mass is 10.1. The molecule has 9 heteroatoms. The topological polar surface area (TPSA) is 86.8 Å². The summed E-state index contributed by atoms with van der Waals surface area (Å²) >= 11 is 0. The van der Waals surface area contributed by atoms with Crippen molar-refractivity contribution in [2.24, 2.45) is 0 Å². The highest BCUT2D eigenvalue weighted by molar-refractivity contribution is 7.89. The molecule has 2 aliphatic heterocycles. The first-order valence-corrected chi connectivity index (χ1v) is 12.6. The summed E-state index contributed by atoms with van der Waals surface area (Å²) in [6.45, 7) is 4.53. The highest BCUT2D eigenvalue weighted by Crippen LogP contribution is 2.22. The Bertz CT molecular complexity index is 811. The minimum absolute atomic E-state index is 0.0980. The van der Waals surface area contributed by atoms with Gasteiger partial charge in [-0.2, -0.15) is 4.31 Å². The number of benzene rings is 1. The van der Waals surface area contributed by atoms with Gasteiger partial charge >= 0.3 is 0 Å². The lowest BCUT2D eigenvalue weighted by Gasteiger charge is -2.26. The fraction of sp³-hybridized carbons (Fsp3) is 0.667. The minimum Gasteiger partial charge on any atom is -0.303 e. The van der Waals surface area contributed by atoms with Crippen LogP contribution in [-0.4, -0.2) is 65.3 Å². The number of nitrogens with one attached hydrogen (secondary N) is 1. The van der Waals surface area contributed by atoms with Gasteiger partial charge in [0.2, 0.25) is 20.0 Å². The Hall–Kier alpha value is -1.00. The lowest BCUT2D eigenvalue weighted by molar-refractivity contribution is 0.227. The summed E-state index contributed by atoms with van der Waals surface area (Å²) in [5, 5.41) is 0. The largest absolute Gasteiger partial charge is 0.303 e. The molecule has 0 bridgehead atoms. The Morgan fingerprint density at radius 2 is 1.33 bits per heavy atom. The Labute approximate surface area is 162 Å². The van der Waals surface area contributed by atoms with Crippen LogP contribution in [0.3, 0.4) is 0 Å². The molecule has 0 atom stereocenters. The summed E-state index contributed by atoms with van der Waals surface area (Å²) in [6, 6.07) is 5.51. The van der Waals surface area contributed by atoms with Crippen LogP contribution in [0.15, 0.2) is 34.1 Å². The number of rotatable bonds is 8. The number of hydrogen-bond donors (Lipinski definition) is 1. The zero-order chi connectivity index (χ0) is 19.3. The van der Waals surface area contributed by atoms with Gasteiger partial charge in [-0.15, -0.1) is 0 Å². The van der Waals surface area contributed by atoms with Crippen LogP contribution >= 0.6 is 0 Å². The average molecular weight is 416 g/mol. The molecule has 1 aromatic carbocycles. The van der Waals surface area contributed by atoms with Gasteiger partial charge in [-0.05, 0) is 76.0 Å². The predicted octanol–water partition coefficient (Wildman–Crippen LogP) is 1.63. The van der Waals surface area contributed by atoms with Crippen LogP contribution in [0.1, 0.15) is 38.5 Å². The maximum atomic E-state index is 12.5. The van der Waals surface area contributed by atoms with Gasteiger partial charge < -0.3 is 4.90 Å². The van der Waals surface area contributed by atoms with Gasteiger partial charge in [0.15, 0.2) is 0 Å². The van der Waals surface area contributed by atoms with E-state index >= 15 is 0 Å². The molecular formula is C18H29N3O4S2. The predicted molar refractivity (Wildman–Crippen MR) is 105 cm³/mol. The number of piperidine rings is 1. The van der Waals surface area contributed by atoms with Gasteiger partial charge in [-0.25, -0.2) is 21.6 Å². The molecule has 1 aromatic rings. The van der Waals surface area contributed by atoms with Crippen molar-refractivity contribution in [2.75, 3.05) is 39.3 Å². The molecule has 2 heterocycles. The van der Waals surface area contributed by atoms with E-state index in [1.54, 1.807) is 0 Å². The van der Waals surface area contributed by atoms with E-state index in [0.717, 1.165) is 38.9 Å². The monoisotopic (exact) mass is 415 g/mol. The Balaban J connectivity index is 1.55. The van der Waals surface area contributed by atoms with Gasteiger partial charge in [0.25, 0.3) is 0 Å². The second kappa shape index (κ2) is 9.00. The van der Waals surface area contributed by atoms with E-state index in [0.29, 0.717) is 19.6 Å². The molecule has 0 radical (unpaired) electrons. The maximum Gasteiger partial charge on any atom is 0.243 e. The van der Waals surface area contributed by atoms with E-state index in [1.165, 1.54) is 47.8 Å². The van der Waals surface area contributed by atoms with Gasteiger partial charge in [0.05, 0.1) is 9.79 Å². The van der Waals surface area contributed by atoms with Gasteiger partial charge in [-0.1, -0.05) is 6.42 Å². The first kappa shape index (κ1) is 20.7. The molecule has 0 saturated carbocycles. The molecule has 0 aromatic heterocycles. The van der Waals surface area contributed by atoms with Crippen LogP contribution < -0.4 is 4.72 Å². The molecule has 0 aliphatic carbocycles. The summed E-state index contributed by atoms with van der Waals surface area (Å²) in [5.74, 6) is 0. The minimum atomic E-state index is -3.62. The maximum absolute atomic E-state index is 12.5. The normalized spacial score (nSPS) is 20.1. The third-order valence-corrected chi connectivity index (χ3v) is 8.62. The van der Waals surface area contributed by atoms with Crippen LogP contribution in [0.2, 0.25) is 0 Å². The lowest BCUT2D eigenvalue weighted by Crippen LogP contribution is -2.33. The summed E-state index contributed by atoms with van der Waals surface area (Å²) in [7, 11) is -7.14. The van der Waals surface area contributed by atoms with E-state index in [1.807, 2.05) is 0 Å². The fourth-order valence-corrected chi connectivity index (χ4v) is 6.24. The Morgan fingerprint density at radius 3 is 1.96 bits per heavy atom. The van der Waals surface area contributed by atoms with Crippen molar-refractivity contribution in [1.82, 2.24) is 13.9 Å². The number of nitrogens with zero attached hydrogens (tertiary/aromatic N) is 2. The van der Waals surface area contributed by atoms with Crippen molar-refractivity contribution in [1.29, 1.82) is 0 Å². The molecule has 7 nitrogen and oxygen atoms in total. The SMILES string of the molecule is O=S(=O)(NCCCN1CCCCC1)c1ccc(S(=O)(=O)N2CCCC2)cc1. The highest BCUT2D eigenvalue weighted by atomic mass is 32.2. The number of hydrogen-bond acceptors (Lipinski definition) is 5. The van der Waals surface area contributed by atoms with Gasteiger partial charge in [-0.3, -0.25) is 0 Å². The molecular weight excluding hydrogens is 386 g/mol. The Morgan fingerprint density at radius 1 is 0.778 bits per heavy atom. The zero-order valence-corrected chi connectivity index (χ0v) is 17.3. The standard InChI is InChI=1S/C18H29N3O4S2/c22-26(23,19-11-6-14-20-12-2-1-3-13-20)17-7-9-18(10-8-17)27(24,25)21-15-4-5-16-21/h7-10,19H,1-6,11-16H2. The number of likely N-dealkylation sites (tertiary alicyclic amines) is 1. The summed E-state index contributed by atoms with van der Waals surface area (Å²) in [5.41, 5.74) is 0. The quantitative estimate of drug-likeness (QED) is 0.652. The van der Waals surface area contributed by atoms with Crippen molar-refractivity contribution < 1.29 is 16.8 Å². The fourth-order valence-electron chi connectivity index (χ4n) is 3.64. The van der Waals surface area contributed by atoms with E-state index in [-0.39, 0.29) is 9.79 Å². The van der Waals surface area contributed by atoms with Gasteiger partial charge in [0.1, 0.15) is 0 Å². The summed E-state index contributed by atoms with van der Waals surface area (Å²) in [4.78, 5) is 2.62. The average Bonchev–Trinajstić information content (AvgIpc) is 3.22. The van der Waals surface area contributed by atoms with Crippen LogP contribution in [0, 0.1) is 0 Å². The first-order chi connectivity index (χ1) is 12.9. The van der Waals surface area contributed by atoms with E-state index in [4.69, 9.17) is 0 Å². The zero-order valence-electron chi connectivity index (χ0n) is 15.6. The molecule has 27 heavy (non-hydrogen) atoms. The van der Waals surface area contributed by atoms with Crippen molar-refractivity contribution in [3.05, 3.63) is 24.3 Å². The Kier molecular flexibility index (Phi) is 6.91. The molecule has 3 rings (SSSR count). The molecule has 0 spiro atoms. The van der Waals surface area contributed by atoms with Gasteiger partial charge in [0, 0.05) is 19.6 Å². The van der Waals surface area contributed by atoms with E-state index in [9.17, 15) is 16.8 Å². The van der Waals surface area contributed by atoms with E-state index in [2.05, 4.69) is 9.62 Å².